The van der Waals surface area contributed by atoms with Crippen LogP contribution < -0.4 is 5.32 Å². The third-order valence-corrected chi connectivity index (χ3v) is 4.54. The number of nitrogens with one attached hydrogen (secondary N) is 1. The Balaban J connectivity index is 2.40. The Morgan fingerprint density at radius 3 is 2.59 bits per heavy atom. The molecule has 0 aromatic heterocycles. The summed E-state index contributed by atoms with van der Waals surface area (Å²) in [6.07, 6.45) is 6.70. The van der Waals surface area contributed by atoms with E-state index in [2.05, 4.69) is 26.1 Å². The molecule has 1 aliphatic rings. The molecule has 0 heterocycles. The fourth-order valence-corrected chi connectivity index (χ4v) is 3.17. The number of hydrogen-bond acceptors (Lipinski definition) is 2. The van der Waals surface area contributed by atoms with Crippen LogP contribution in [0.25, 0.3) is 0 Å². The zero-order chi connectivity index (χ0) is 12.7. The van der Waals surface area contributed by atoms with Crippen molar-refractivity contribution in [3.8, 4) is 0 Å². The summed E-state index contributed by atoms with van der Waals surface area (Å²) in [4.78, 5) is 0. The van der Waals surface area contributed by atoms with Gasteiger partial charge in [0.25, 0.3) is 0 Å². The lowest BCUT2D eigenvalue weighted by Gasteiger charge is -2.37. The van der Waals surface area contributed by atoms with E-state index >= 15 is 0 Å². The number of ether oxygens (including phenoxy) is 1. The quantitative estimate of drug-likeness (QED) is 0.689. The maximum atomic E-state index is 5.17. The minimum atomic E-state index is 0.713. The summed E-state index contributed by atoms with van der Waals surface area (Å²) in [5.41, 5.74) is 0. The van der Waals surface area contributed by atoms with E-state index in [0.717, 1.165) is 30.9 Å². The minimum absolute atomic E-state index is 0.713. The summed E-state index contributed by atoms with van der Waals surface area (Å²) < 4.78 is 5.17. The van der Waals surface area contributed by atoms with Gasteiger partial charge >= 0.3 is 0 Å². The number of methoxy groups -OCH3 is 1. The smallest absolute Gasteiger partial charge is 0.0462 e. The van der Waals surface area contributed by atoms with E-state index in [0.29, 0.717) is 6.04 Å². The highest BCUT2D eigenvalue weighted by atomic mass is 16.5. The first kappa shape index (κ1) is 15.0. The average molecular weight is 241 g/mol. The third-order valence-electron chi connectivity index (χ3n) is 4.54. The van der Waals surface area contributed by atoms with Crippen LogP contribution in [0.5, 0.6) is 0 Å². The second kappa shape index (κ2) is 8.10. The largest absolute Gasteiger partial charge is 0.385 e. The Labute approximate surface area is 108 Å². The molecule has 0 aliphatic heterocycles. The van der Waals surface area contributed by atoms with Crippen LogP contribution in [-0.4, -0.2) is 26.3 Å². The normalized spacial score (nSPS) is 31.4. The van der Waals surface area contributed by atoms with Crippen LogP contribution in [0.2, 0.25) is 0 Å². The molecule has 17 heavy (non-hydrogen) atoms. The van der Waals surface area contributed by atoms with E-state index in [-0.39, 0.29) is 0 Å². The van der Waals surface area contributed by atoms with Gasteiger partial charge in [0, 0.05) is 19.8 Å². The first-order chi connectivity index (χ1) is 8.19. The zero-order valence-corrected chi connectivity index (χ0v) is 12.2. The summed E-state index contributed by atoms with van der Waals surface area (Å²) in [5.74, 6) is 2.71. The second-order valence-electron chi connectivity index (χ2n) is 5.83. The standard InChI is InChI=1S/C15H31NO/c1-5-16-15(7-6-10-17-4)14-9-8-12(2)13(3)11-14/h12-16H,5-11H2,1-4H3. The Hall–Kier alpha value is -0.0800. The molecule has 1 aliphatic carbocycles. The molecule has 4 atom stereocenters. The van der Waals surface area contributed by atoms with Crippen LogP contribution in [0.1, 0.15) is 52.9 Å². The maximum Gasteiger partial charge on any atom is 0.0462 e. The Kier molecular flexibility index (Phi) is 7.14. The molecule has 2 heteroatoms. The summed E-state index contributed by atoms with van der Waals surface area (Å²) >= 11 is 0. The fourth-order valence-electron chi connectivity index (χ4n) is 3.17. The first-order valence-electron chi connectivity index (χ1n) is 7.41. The van der Waals surface area contributed by atoms with Crippen LogP contribution in [0.4, 0.5) is 0 Å². The summed E-state index contributed by atoms with van der Waals surface area (Å²) in [5, 5.41) is 3.69. The summed E-state index contributed by atoms with van der Waals surface area (Å²) in [7, 11) is 1.80. The molecule has 0 saturated heterocycles. The van der Waals surface area contributed by atoms with Gasteiger partial charge in [-0.25, -0.2) is 0 Å². The lowest BCUT2D eigenvalue weighted by molar-refractivity contribution is 0.150. The van der Waals surface area contributed by atoms with Crippen molar-refractivity contribution in [2.24, 2.45) is 17.8 Å². The van der Waals surface area contributed by atoms with Gasteiger partial charge in [-0.2, -0.15) is 0 Å². The van der Waals surface area contributed by atoms with Crippen molar-refractivity contribution in [1.29, 1.82) is 0 Å². The van der Waals surface area contributed by atoms with Crippen molar-refractivity contribution < 1.29 is 4.74 Å². The molecular weight excluding hydrogens is 210 g/mol. The predicted octanol–water partition coefficient (Wildman–Crippen LogP) is 3.46. The van der Waals surface area contributed by atoms with Crippen molar-refractivity contribution in [2.75, 3.05) is 20.3 Å². The number of hydrogen-bond donors (Lipinski definition) is 1. The van der Waals surface area contributed by atoms with Gasteiger partial charge in [0.1, 0.15) is 0 Å². The van der Waals surface area contributed by atoms with Gasteiger partial charge < -0.3 is 10.1 Å². The van der Waals surface area contributed by atoms with Crippen LogP contribution in [-0.2, 0) is 4.74 Å². The molecule has 1 N–H and O–H groups in total. The molecule has 1 rings (SSSR count). The van der Waals surface area contributed by atoms with E-state index in [1.165, 1.54) is 32.1 Å². The number of rotatable bonds is 7. The SMILES string of the molecule is CCNC(CCCOC)C1CCC(C)C(C)C1. The van der Waals surface area contributed by atoms with E-state index in [4.69, 9.17) is 4.74 Å². The van der Waals surface area contributed by atoms with Crippen molar-refractivity contribution in [2.45, 2.75) is 58.9 Å². The summed E-state index contributed by atoms with van der Waals surface area (Å²) in [6, 6.07) is 0.713. The van der Waals surface area contributed by atoms with Gasteiger partial charge in [0.05, 0.1) is 0 Å². The van der Waals surface area contributed by atoms with Crippen LogP contribution in [0.15, 0.2) is 0 Å². The van der Waals surface area contributed by atoms with E-state index < -0.39 is 0 Å². The van der Waals surface area contributed by atoms with Gasteiger partial charge in [-0.05, 0) is 50.0 Å². The average Bonchev–Trinajstić information content (AvgIpc) is 2.32. The van der Waals surface area contributed by atoms with E-state index in [1.54, 1.807) is 7.11 Å². The first-order valence-corrected chi connectivity index (χ1v) is 7.41. The van der Waals surface area contributed by atoms with Crippen molar-refractivity contribution in [3.05, 3.63) is 0 Å². The van der Waals surface area contributed by atoms with Crippen molar-refractivity contribution >= 4 is 0 Å². The Bertz CT molecular complexity index is 195. The Morgan fingerprint density at radius 2 is 2.00 bits per heavy atom. The molecule has 0 aromatic carbocycles. The van der Waals surface area contributed by atoms with Crippen LogP contribution in [0, 0.1) is 17.8 Å². The topological polar surface area (TPSA) is 21.3 Å². The molecule has 102 valence electrons. The monoisotopic (exact) mass is 241 g/mol. The lowest BCUT2D eigenvalue weighted by atomic mass is 9.72. The van der Waals surface area contributed by atoms with E-state index in [1.807, 2.05) is 0 Å². The zero-order valence-electron chi connectivity index (χ0n) is 12.2. The molecule has 0 spiro atoms. The fraction of sp³-hybridized carbons (Fsp3) is 1.00. The molecule has 2 nitrogen and oxygen atoms in total. The van der Waals surface area contributed by atoms with Crippen molar-refractivity contribution in [1.82, 2.24) is 5.32 Å². The van der Waals surface area contributed by atoms with Crippen molar-refractivity contribution in [3.63, 3.8) is 0 Å². The van der Waals surface area contributed by atoms with Gasteiger partial charge in [-0.15, -0.1) is 0 Å². The molecule has 0 aromatic rings. The highest BCUT2D eigenvalue weighted by Crippen LogP contribution is 2.35. The van der Waals surface area contributed by atoms with Crippen LogP contribution >= 0.6 is 0 Å². The maximum absolute atomic E-state index is 5.17. The molecular formula is C15H31NO. The molecule has 0 amide bonds. The Morgan fingerprint density at radius 1 is 1.24 bits per heavy atom. The molecule has 4 unspecified atom stereocenters. The summed E-state index contributed by atoms with van der Waals surface area (Å²) in [6.45, 7) is 9.06. The highest BCUT2D eigenvalue weighted by Gasteiger charge is 2.29. The van der Waals surface area contributed by atoms with E-state index in [9.17, 15) is 0 Å². The van der Waals surface area contributed by atoms with Gasteiger partial charge in [0.15, 0.2) is 0 Å². The molecule has 1 fully saturated rings. The molecule has 0 radical (unpaired) electrons. The minimum Gasteiger partial charge on any atom is -0.385 e. The van der Waals surface area contributed by atoms with Gasteiger partial charge in [-0.3, -0.25) is 0 Å². The van der Waals surface area contributed by atoms with Crippen LogP contribution in [0.3, 0.4) is 0 Å². The third kappa shape index (κ3) is 4.97. The van der Waals surface area contributed by atoms with Gasteiger partial charge in [0.2, 0.25) is 0 Å². The predicted molar refractivity (Wildman–Crippen MR) is 74.2 cm³/mol. The molecule has 0 bridgehead atoms. The second-order valence-corrected chi connectivity index (χ2v) is 5.83. The highest BCUT2D eigenvalue weighted by molar-refractivity contribution is 4.83. The van der Waals surface area contributed by atoms with Gasteiger partial charge in [-0.1, -0.05) is 27.2 Å². The molecule has 1 saturated carbocycles. The lowest BCUT2D eigenvalue weighted by Crippen LogP contribution is -2.39.